The Balaban J connectivity index is 1.57. The number of amides is 1. The van der Waals surface area contributed by atoms with Crippen molar-refractivity contribution < 1.29 is 4.79 Å². The molecule has 3 aromatic heterocycles. The number of carbonyl (C=O) groups is 1. The van der Waals surface area contributed by atoms with Gasteiger partial charge in [0.1, 0.15) is 0 Å². The molecule has 7 heteroatoms. The van der Waals surface area contributed by atoms with Gasteiger partial charge in [0.25, 0.3) is 0 Å². The summed E-state index contributed by atoms with van der Waals surface area (Å²) in [5.74, 6) is 0.0980. The summed E-state index contributed by atoms with van der Waals surface area (Å²) in [4.78, 5) is 23.6. The topological polar surface area (TPSA) is 75.4 Å². The number of likely N-dealkylation sites (tertiary alicyclic amines) is 1. The van der Waals surface area contributed by atoms with Gasteiger partial charge in [-0.1, -0.05) is 13.3 Å². The molecule has 0 unspecified atom stereocenters. The van der Waals surface area contributed by atoms with Crippen LogP contribution in [0.25, 0.3) is 5.65 Å². The maximum atomic E-state index is 12.1. The van der Waals surface area contributed by atoms with E-state index in [1.54, 1.807) is 0 Å². The van der Waals surface area contributed by atoms with Crippen LogP contribution in [-0.2, 0) is 17.8 Å². The summed E-state index contributed by atoms with van der Waals surface area (Å²) in [5, 5.41) is 7.97. The van der Waals surface area contributed by atoms with Gasteiger partial charge < -0.3 is 5.32 Å². The Bertz CT molecular complexity index is 1060. The van der Waals surface area contributed by atoms with E-state index in [-0.39, 0.29) is 5.91 Å². The van der Waals surface area contributed by atoms with Crippen LogP contribution < -0.4 is 5.32 Å². The van der Waals surface area contributed by atoms with Gasteiger partial charge in [-0.3, -0.25) is 14.7 Å². The number of hydrogen-bond acceptors (Lipinski definition) is 5. The number of carbonyl (C=O) groups excluding carboxylic acids is 1. The third-order valence-corrected chi connectivity index (χ3v) is 6.45. The largest absolute Gasteiger partial charge is 0.356 e. The molecule has 1 aliphatic rings. The zero-order valence-electron chi connectivity index (χ0n) is 19.5. The Kier molecular flexibility index (Phi) is 7.15. The molecule has 0 saturated carbocycles. The molecule has 170 valence electrons. The summed E-state index contributed by atoms with van der Waals surface area (Å²) in [6, 6.07) is 6.62. The van der Waals surface area contributed by atoms with E-state index in [9.17, 15) is 4.79 Å². The molecular weight excluding hydrogens is 400 g/mol. The number of piperidine rings is 1. The predicted octanol–water partition coefficient (Wildman–Crippen LogP) is 3.93. The Morgan fingerprint density at radius 2 is 2.03 bits per heavy atom. The summed E-state index contributed by atoms with van der Waals surface area (Å²) < 4.78 is 1.97. The van der Waals surface area contributed by atoms with E-state index in [4.69, 9.17) is 10.1 Å². The normalized spacial score (nSPS) is 17.0. The van der Waals surface area contributed by atoms with Gasteiger partial charge in [0.05, 0.1) is 11.7 Å². The number of pyridine rings is 1. The second-order valence-corrected chi connectivity index (χ2v) is 8.79. The molecule has 1 saturated heterocycles. The predicted molar refractivity (Wildman–Crippen MR) is 125 cm³/mol. The molecule has 32 heavy (non-hydrogen) atoms. The minimum atomic E-state index is 0.0980. The van der Waals surface area contributed by atoms with Gasteiger partial charge in [-0.15, -0.1) is 0 Å². The standard InChI is InChI=1S/C25H34N6O/c1-4-12-27-25(32)9-8-21-18(2)28-24-16-22(29-31(24)19(21)3)23-7-5-6-15-30(23)17-20-10-13-26-14-11-20/h10-11,13-14,16,23H,4-9,12,15,17H2,1-3H3,(H,27,32)/t23-/m1/s1. The molecule has 7 nitrogen and oxygen atoms in total. The molecule has 0 bridgehead atoms. The van der Waals surface area contributed by atoms with Crippen molar-refractivity contribution in [1.29, 1.82) is 0 Å². The first kappa shape index (κ1) is 22.4. The first-order chi connectivity index (χ1) is 15.6. The van der Waals surface area contributed by atoms with Crippen LogP contribution in [0.1, 0.15) is 73.3 Å². The van der Waals surface area contributed by atoms with E-state index in [2.05, 4.69) is 47.2 Å². The van der Waals surface area contributed by atoms with Crippen LogP contribution in [-0.4, -0.2) is 43.5 Å². The summed E-state index contributed by atoms with van der Waals surface area (Å²) in [6.45, 7) is 8.90. The second-order valence-electron chi connectivity index (χ2n) is 8.79. The quantitative estimate of drug-likeness (QED) is 0.581. The maximum Gasteiger partial charge on any atom is 0.220 e. The van der Waals surface area contributed by atoms with E-state index in [0.29, 0.717) is 18.9 Å². The summed E-state index contributed by atoms with van der Waals surface area (Å²) in [7, 11) is 0. The second kappa shape index (κ2) is 10.2. The van der Waals surface area contributed by atoms with E-state index in [1.165, 1.54) is 18.4 Å². The number of rotatable bonds is 8. The Morgan fingerprint density at radius 3 is 2.81 bits per heavy atom. The number of nitrogens with zero attached hydrogens (tertiary/aromatic N) is 5. The Morgan fingerprint density at radius 1 is 1.22 bits per heavy atom. The highest BCUT2D eigenvalue weighted by molar-refractivity contribution is 5.76. The van der Waals surface area contributed by atoms with Crippen molar-refractivity contribution in [3.05, 3.63) is 58.8 Å². The van der Waals surface area contributed by atoms with Gasteiger partial charge in [-0.05, 0) is 69.3 Å². The first-order valence-electron chi connectivity index (χ1n) is 11.8. The van der Waals surface area contributed by atoms with E-state index < -0.39 is 0 Å². The first-order valence-corrected chi connectivity index (χ1v) is 11.8. The van der Waals surface area contributed by atoms with Crippen LogP contribution >= 0.6 is 0 Å². The maximum absolute atomic E-state index is 12.1. The molecule has 3 aromatic rings. The molecule has 1 amide bonds. The molecule has 1 aliphatic heterocycles. The summed E-state index contributed by atoms with van der Waals surface area (Å²) >= 11 is 0. The van der Waals surface area contributed by atoms with Gasteiger partial charge in [0.2, 0.25) is 5.91 Å². The fraction of sp³-hybridized carbons (Fsp3) is 0.520. The lowest BCUT2D eigenvalue weighted by molar-refractivity contribution is -0.121. The van der Waals surface area contributed by atoms with Crippen molar-refractivity contribution in [3.8, 4) is 0 Å². The molecular formula is C25H34N6O. The number of hydrogen-bond donors (Lipinski definition) is 1. The number of nitrogens with one attached hydrogen (secondary N) is 1. The fourth-order valence-electron chi connectivity index (χ4n) is 4.70. The van der Waals surface area contributed by atoms with Crippen LogP contribution in [0.15, 0.2) is 30.6 Å². The van der Waals surface area contributed by atoms with Crippen LogP contribution in [0.4, 0.5) is 0 Å². The zero-order chi connectivity index (χ0) is 22.5. The lowest BCUT2D eigenvalue weighted by Gasteiger charge is -2.34. The number of aryl methyl sites for hydroxylation is 2. The van der Waals surface area contributed by atoms with Gasteiger partial charge in [0.15, 0.2) is 5.65 Å². The Hall–Kier alpha value is -2.80. The van der Waals surface area contributed by atoms with Crippen LogP contribution in [0.3, 0.4) is 0 Å². The molecule has 0 spiro atoms. The van der Waals surface area contributed by atoms with E-state index in [0.717, 1.165) is 60.8 Å². The number of fused-ring (bicyclic) bond motifs is 1. The third-order valence-electron chi connectivity index (χ3n) is 6.45. The van der Waals surface area contributed by atoms with Crippen molar-refractivity contribution in [1.82, 2.24) is 29.8 Å². The van der Waals surface area contributed by atoms with Gasteiger partial charge >= 0.3 is 0 Å². The average Bonchev–Trinajstić information content (AvgIpc) is 3.22. The van der Waals surface area contributed by atoms with Crippen molar-refractivity contribution in [3.63, 3.8) is 0 Å². The van der Waals surface area contributed by atoms with E-state index >= 15 is 0 Å². The van der Waals surface area contributed by atoms with Crippen LogP contribution in [0.2, 0.25) is 0 Å². The van der Waals surface area contributed by atoms with Gasteiger partial charge in [-0.2, -0.15) is 5.10 Å². The third kappa shape index (κ3) is 4.99. The molecule has 0 radical (unpaired) electrons. The van der Waals surface area contributed by atoms with Crippen molar-refractivity contribution in [2.24, 2.45) is 0 Å². The van der Waals surface area contributed by atoms with Crippen molar-refractivity contribution >= 4 is 11.6 Å². The lowest BCUT2D eigenvalue weighted by Crippen LogP contribution is -2.33. The average molecular weight is 435 g/mol. The summed E-state index contributed by atoms with van der Waals surface area (Å²) in [5.41, 5.74) is 6.45. The smallest absolute Gasteiger partial charge is 0.220 e. The monoisotopic (exact) mass is 434 g/mol. The molecule has 4 heterocycles. The van der Waals surface area contributed by atoms with Crippen LogP contribution in [0.5, 0.6) is 0 Å². The molecule has 4 rings (SSSR count). The molecule has 0 aliphatic carbocycles. The minimum absolute atomic E-state index is 0.0980. The lowest BCUT2D eigenvalue weighted by atomic mass is 9.98. The van der Waals surface area contributed by atoms with E-state index in [1.807, 2.05) is 23.8 Å². The van der Waals surface area contributed by atoms with Crippen molar-refractivity contribution in [2.45, 2.75) is 71.9 Å². The summed E-state index contributed by atoms with van der Waals surface area (Å²) in [6.07, 6.45) is 9.38. The SMILES string of the molecule is CCCNC(=O)CCc1c(C)nc2cc([C@H]3CCCCN3Cc3ccncc3)nn2c1C. The highest BCUT2D eigenvalue weighted by atomic mass is 16.1. The molecule has 1 N–H and O–H groups in total. The highest BCUT2D eigenvalue weighted by Gasteiger charge is 2.27. The highest BCUT2D eigenvalue weighted by Crippen LogP contribution is 2.32. The molecule has 0 aromatic carbocycles. The van der Waals surface area contributed by atoms with Crippen LogP contribution in [0, 0.1) is 13.8 Å². The van der Waals surface area contributed by atoms with Crippen molar-refractivity contribution in [2.75, 3.05) is 13.1 Å². The molecule has 1 fully saturated rings. The Labute approximate surface area is 190 Å². The number of aromatic nitrogens is 4. The van der Waals surface area contributed by atoms with Gasteiger partial charge in [-0.25, -0.2) is 9.50 Å². The van der Waals surface area contributed by atoms with Gasteiger partial charge in [0, 0.05) is 49.4 Å². The molecule has 1 atom stereocenters. The zero-order valence-corrected chi connectivity index (χ0v) is 19.5. The minimum Gasteiger partial charge on any atom is -0.356 e. The fourth-order valence-corrected chi connectivity index (χ4v) is 4.70.